The van der Waals surface area contributed by atoms with Crippen molar-refractivity contribution in [1.82, 2.24) is 10.0 Å². The van der Waals surface area contributed by atoms with Gasteiger partial charge in [-0.1, -0.05) is 24.3 Å². The van der Waals surface area contributed by atoms with E-state index in [1.807, 2.05) is 0 Å². The van der Waals surface area contributed by atoms with Gasteiger partial charge in [0, 0.05) is 12.4 Å². The third-order valence-electron chi connectivity index (χ3n) is 1.93. The Bertz CT molecular complexity index is 251. The maximum atomic E-state index is 2.18. The molecule has 0 aliphatic carbocycles. The summed E-state index contributed by atoms with van der Waals surface area (Å²) in [7, 11) is 0. The SMILES string of the molecule is C1=CCN(N2C=CC=CC2)C=C1.[CH3][Ni][CH3]. The first kappa shape index (κ1) is 12.1. The predicted octanol–water partition coefficient (Wildman–Crippen LogP) is 2.84. The topological polar surface area (TPSA) is 6.48 Å². The van der Waals surface area contributed by atoms with Crippen molar-refractivity contribution in [1.29, 1.82) is 0 Å². The van der Waals surface area contributed by atoms with Crippen LogP contribution in [0.4, 0.5) is 0 Å². The molecule has 2 nitrogen and oxygen atoms in total. The first-order valence-electron chi connectivity index (χ1n) is 4.80. The Kier molecular flexibility index (Phi) is 5.95. The molecular weight excluding hydrogens is 231 g/mol. The fourth-order valence-electron chi connectivity index (χ4n) is 1.30. The second-order valence-electron chi connectivity index (χ2n) is 3.10. The molecule has 2 heterocycles. The van der Waals surface area contributed by atoms with E-state index in [9.17, 15) is 0 Å². The van der Waals surface area contributed by atoms with Crippen molar-refractivity contribution in [3.63, 3.8) is 0 Å². The molecule has 0 amide bonds. The molecule has 0 aromatic heterocycles. The quantitative estimate of drug-likeness (QED) is 0.659. The molecule has 86 valence electrons. The second kappa shape index (κ2) is 7.36. The van der Waals surface area contributed by atoms with Crippen molar-refractivity contribution in [2.45, 2.75) is 11.8 Å². The van der Waals surface area contributed by atoms with Crippen LogP contribution < -0.4 is 0 Å². The van der Waals surface area contributed by atoms with E-state index in [1.54, 1.807) is 14.4 Å². The summed E-state index contributed by atoms with van der Waals surface area (Å²) in [4.78, 5) is 0. The van der Waals surface area contributed by atoms with Gasteiger partial charge in [-0.3, -0.25) is 10.0 Å². The van der Waals surface area contributed by atoms with E-state index < -0.39 is 0 Å². The molecule has 0 saturated heterocycles. The molecule has 0 radical (unpaired) electrons. The first-order chi connectivity index (χ1) is 7.38. The Hall–Kier alpha value is -0.946. The van der Waals surface area contributed by atoms with Crippen LogP contribution in [0.5, 0.6) is 0 Å². The van der Waals surface area contributed by atoms with Crippen LogP contribution in [0.3, 0.4) is 0 Å². The summed E-state index contributed by atoms with van der Waals surface area (Å²) in [6.45, 7) is 1.93. The summed E-state index contributed by atoms with van der Waals surface area (Å²) >= 11 is 1.62. The molecule has 2 aliphatic rings. The van der Waals surface area contributed by atoms with E-state index in [2.05, 4.69) is 70.7 Å². The van der Waals surface area contributed by atoms with Gasteiger partial charge >= 0.3 is 26.2 Å². The van der Waals surface area contributed by atoms with Gasteiger partial charge < -0.3 is 0 Å². The molecule has 3 heteroatoms. The molecule has 2 rings (SSSR count). The van der Waals surface area contributed by atoms with Crippen LogP contribution in [0, 0.1) is 0 Å². The average molecular weight is 249 g/mol. The van der Waals surface area contributed by atoms with Crippen LogP contribution in [0.1, 0.15) is 0 Å². The van der Waals surface area contributed by atoms with Gasteiger partial charge in [0.2, 0.25) is 0 Å². The van der Waals surface area contributed by atoms with Gasteiger partial charge in [-0.15, -0.1) is 0 Å². The third-order valence-corrected chi connectivity index (χ3v) is 1.93. The van der Waals surface area contributed by atoms with Crippen LogP contribution >= 0.6 is 0 Å². The summed E-state index contributed by atoms with van der Waals surface area (Å²) in [6.07, 6.45) is 16.7. The average Bonchev–Trinajstić information content (AvgIpc) is 2.32. The number of nitrogens with zero attached hydrogens (tertiary/aromatic N) is 2. The molecule has 15 heavy (non-hydrogen) atoms. The fourth-order valence-corrected chi connectivity index (χ4v) is 1.30. The summed E-state index contributed by atoms with van der Waals surface area (Å²) in [6, 6.07) is 0. The molecule has 0 fully saturated rings. The van der Waals surface area contributed by atoms with Crippen LogP contribution in [0.25, 0.3) is 0 Å². The van der Waals surface area contributed by atoms with Gasteiger partial charge in [0.15, 0.2) is 0 Å². The number of hydrogen-bond acceptors (Lipinski definition) is 2. The predicted molar refractivity (Wildman–Crippen MR) is 61.7 cm³/mol. The molecular formula is C12H18N2Ni. The Morgan fingerprint density at radius 1 is 0.800 bits per heavy atom. The molecule has 2 aliphatic heterocycles. The van der Waals surface area contributed by atoms with E-state index in [0.29, 0.717) is 0 Å². The number of hydrazine groups is 1. The van der Waals surface area contributed by atoms with Gasteiger partial charge in [0.25, 0.3) is 0 Å². The monoisotopic (exact) mass is 248 g/mol. The minimum atomic E-state index is 0.967. The van der Waals surface area contributed by atoms with Crippen molar-refractivity contribution in [3.05, 3.63) is 48.9 Å². The minimum absolute atomic E-state index is 0.967. The van der Waals surface area contributed by atoms with Gasteiger partial charge in [0.1, 0.15) is 0 Å². The molecule has 0 atom stereocenters. The van der Waals surface area contributed by atoms with E-state index in [1.165, 1.54) is 0 Å². The maximum absolute atomic E-state index is 2.18. The molecule has 0 N–H and O–H groups in total. The van der Waals surface area contributed by atoms with Crippen LogP contribution in [0.15, 0.2) is 48.9 Å². The Labute approximate surface area is 98.4 Å². The van der Waals surface area contributed by atoms with Crippen molar-refractivity contribution in [3.8, 4) is 0 Å². The molecule has 0 unspecified atom stereocenters. The first-order valence-corrected chi connectivity index (χ1v) is 6.77. The fraction of sp³-hybridized carbons (Fsp3) is 0.333. The van der Waals surface area contributed by atoms with E-state index in [0.717, 1.165) is 13.1 Å². The zero-order valence-corrected chi connectivity index (χ0v) is 10.2. The third kappa shape index (κ3) is 4.39. The molecule has 0 spiro atoms. The summed E-state index contributed by atoms with van der Waals surface area (Å²) < 4.78 is 0. The Morgan fingerprint density at radius 2 is 1.20 bits per heavy atom. The molecule has 0 saturated carbocycles. The second-order valence-corrected chi connectivity index (χ2v) is 4.09. The number of hydrogen-bond donors (Lipinski definition) is 0. The Morgan fingerprint density at radius 3 is 1.47 bits per heavy atom. The molecule has 0 aromatic carbocycles. The van der Waals surface area contributed by atoms with E-state index >= 15 is 0 Å². The Balaban J connectivity index is 0.000000337. The van der Waals surface area contributed by atoms with Crippen LogP contribution in [-0.4, -0.2) is 23.1 Å². The summed E-state index contributed by atoms with van der Waals surface area (Å²) in [5.74, 6) is 4.12. The van der Waals surface area contributed by atoms with E-state index in [-0.39, 0.29) is 0 Å². The molecule has 0 aromatic rings. The van der Waals surface area contributed by atoms with Crippen molar-refractivity contribution in [2.24, 2.45) is 0 Å². The van der Waals surface area contributed by atoms with E-state index in [4.69, 9.17) is 0 Å². The van der Waals surface area contributed by atoms with Gasteiger partial charge in [0.05, 0.1) is 13.1 Å². The van der Waals surface area contributed by atoms with Crippen LogP contribution in [-0.2, 0) is 14.4 Å². The van der Waals surface area contributed by atoms with Crippen molar-refractivity contribution < 1.29 is 14.4 Å². The van der Waals surface area contributed by atoms with Gasteiger partial charge in [-0.05, 0) is 12.2 Å². The van der Waals surface area contributed by atoms with Crippen molar-refractivity contribution in [2.75, 3.05) is 13.1 Å². The zero-order chi connectivity index (χ0) is 10.9. The van der Waals surface area contributed by atoms with Crippen LogP contribution in [0.2, 0.25) is 11.8 Å². The van der Waals surface area contributed by atoms with Gasteiger partial charge in [-0.25, -0.2) is 0 Å². The normalized spacial score (nSPS) is 18.0. The van der Waals surface area contributed by atoms with Crippen molar-refractivity contribution >= 4 is 0 Å². The zero-order valence-electron chi connectivity index (χ0n) is 9.24. The number of allylic oxidation sites excluding steroid dienone is 4. The summed E-state index contributed by atoms with van der Waals surface area (Å²) in [5, 5.41) is 4.36. The summed E-state index contributed by atoms with van der Waals surface area (Å²) in [5.41, 5.74) is 0. The van der Waals surface area contributed by atoms with Gasteiger partial charge in [-0.2, -0.15) is 0 Å². The number of rotatable bonds is 1. The molecule has 0 bridgehead atoms. The standard InChI is InChI=1S/C10H12N2.2CH3.Ni/c1-3-7-11(8-4-1)12-9-5-2-6-10-12;;;/h1-7,9H,8,10H2;2*1H3;.